The lowest BCUT2D eigenvalue weighted by Crippen LogP contribution is -2.57. The highest BCUT2D eigenvalue weighted by Crippen LogP contribution is 2.19. The van der Waals surface area contributed by atoms with Gasteiger partial charge in [0.05, 0.1) is 12.5 Å². The molecule has 4 amide bonds. The minimum absolute atomic E-state index is 0.00916. The van der Waals surface area contributed by atoms with Crippen molar-refractivity contribution in [2.45, 2.75) is 56.8 Å². The number of amides is 4. The minimum Gasteiger partial charge on any atom is -0.481 e. The van der Waals surface area contributed by atoms with Gasteiger partial charge in [-0.1, -0.05) is 18.2 Å². The molecule has 0 aliphatic rings. The summed E-state index contributed by atoms with van der Waals surface area (Å²) in [7, 11) is 0. The van der Waals surface area contributed by atoms with Gasteiger partial charge in [-0.2, -0.15) is 0 Å². The summed E-state index contributed by atoms with van der Waals surface area (Å²) in [5.41, 5.74) is 12.4. The van der Waals surface area contributed by atoms with E-state index in [1.54, 1.807) is 12.3 Å². The molecule has 37 heavy (non-hydrogen) atoms. The molecule has 1 aromatic heterocycles. The summed E-state index contributed by atoms with van der Waals surface area (Å²) in [6.07, 6.45) is 0.650. The number of carbonyl (C=O) groups is 6. The molecule has 0 saturated heterocycles. The number of hydrogen-bond acceptors (Lipinski definition) is 7. The lowest BCUT2D eigenvalue weighted by molar-refractivity contribution is -0.147. The highest BCUT2D eigenvalue weighted by Gasteiger charge is 2.30. The van der Waals surface area contributed by atoms with Gasteiger partial charge in [-0.15, -0.1) is 0 Å². The second-order valence-corrected chi connectivity index (χ2v) is 8.46. The van der Waals surface area contributed by atoms with E-state index < -0.39 is 66.2 Å². The minimum atomic E-state index is -1.70. The fourth-order valence-electron chi connectivity index (χ4n) is 3.49. The van der Waals surface area contributed by atoms with Crippen LogP contribution in [0.5, 0.6) is 0 Å². The van der Waals surface area contributed by atoms with Crippen molar-refractivity contribution >= 4 is 46.5 Å². The standard InChI is InChI=1S/C23H30N6O8/c1-11(20(33)29-17(23(36)37)9-19(31)32)27-22(35)16(28-21(34)14(24)6-7-18(25)30)8-12-10-26-15-5-3-2-4-13(12)15/h2-5,10-11,14,16-17,26H,6-9,24H2,1H3,(H2,25,30)(H,27,35)(H,28,34)(H,29,33)(H,31,32)(H,36,37). The van der Waals surface area contributed by atoms with Crippen LogP contribution in [-0.4, -0.2) is 74.9 Å². The van der Waals surface area contributed by atoms with Gasteiger partial charge < -0.3 is 42.6 Å². The summed E-state index contributed by atoms with van der Waals surface area (Å²) in [6, 6.07) is 1.98. The van der Waals surface area contributed by atoms with Crippen molar-refractivity contribution in [1.29, 1.82) is 0 Å². The average molecular weight is 519 g/mol. The largest absolute Gasteiger partial charge is 0.481 e. The molecule has 200 valence electrons. The van der Waals surface area contributed by atoms with Crippen molar-refractivity contribution in [2.75, 3.05) is 0 Å². The van der Waals surface area contributed by atoms with Gasteiger partial charge in [0.25, 0.3) is 0 Å². The van der Waals surface area contributed by atoms with E-state index in [9.17, 15) is 28.8 Å². The third-order valence-corrected chi connectivity index (χ3v) is 5.52. The molecular weight excluding hydrogens is 488 g/mol. The Morgan fingerprint density at radius 3 is 2.22 bits per heavy atom. The van der Waals surface area contributed by atoms with Crippen molar-refractivity contribution in [3.05, 3.63) is 36.0 Å². The first-order valence-corrected chi connectivity index (χ1v) is 11.3. The molecule has 0 bridgehead atoms. The summed E-state index contributed by atoms with van der Waals surface area (Å²) in [6.45, 7) is 1.27. The first-order chi connectivity index (χ1) is 17.4. The summed E-state index contributed by atoms with van der Waals surface area (Å²) < 4.78 is 0. The fraction of sp³-hybridized carbons (Fsp3) is 0.391. The number of H-pyrrole nitrogens is 1. The van der Waals surface area contributed by atoms with Crippen LogP contribution < -0.4 is 27.4 Å². The highest BCUT2D eigenvalue weighted by atomic mass is 16.4. The maximum Gasteiger partial charge on any atom is 0.326 e. The Bertz CT molecular complexity index is 1180. The van der Waals surface area contributed by atoms with Crippen molar-refractivity contribution in [3.63, 3.8) is 0 Å². The van der Waals surface area contributed by atoms with E-state index in [-0.39, 0.29) is 19.3 Å². The van der Waals surface area contributed by atoms with Gasteiger partial charge in [-0.3, -0.25) is 24.0 Å². The number of primary amides is 1. The molecule has 14 nitrogen and oxygen atoms in total. The number of carbonyl (C=O) groups excluding carboxylic acids is 4. The van der Waals surface area contributed by atoms with E-state index in [1.807, 2.05) is 18.2 Å². The van der Waals surface area contributed by atoms with Crippen LogP contribution in [-0.2, 0) is 35.2 Å². The van der Waals surface area contributed by atoms with Gasteiger partial charge in [0.2, 0.25) is 23.6 Å². The molecule has 1 aromatic carbocycles. The number of para-hydroxylation sites is 1. The summed E-state index contributed by atoms with van der Waals surface area (Å²) in [5.74, 6) is -6.04. The maximum absolute atomic E-state index is 13.1. The molecule has 14 heteroatoms. The Morgan fingerprint density at radius 2 is 1.59 bits per heavy atom. The third-order valence-electron chi connectivity index (χ3n) is 5.52. The lowest BCUT2D eigenvalue weighted by atomic mass is 10.0. The number of fused-ring (bicyclic) bond motifs is 1. The quantitative estimate of drug-likeness (QED) is 0.142. The Hall–Kier alpha value is -4.46. The molecule has 0 fully saturated rings. The smallest absolute Gasteiger partial charge is 0.326 e. The van der Waals surface area contributed by atoms with Gasteiger partial charge in [0.15, 0.2) is 0 Å². The van der Waals surface area contributed by atoms with E-state index in [0.29, 0.717) is 5.56 Å². The normalized spacial score (nSPS) is 14.1. The maximum atomic E-state index is 13.1. The number of carboxylic acids is 2. The van der Waals surface area contributed by atoms with Crippen LogP contribution >= 0.6 is 0 Å². The van der Waals surface area contributed by atoms with Crippen LogP contribution in [0.4, 0.5) is 0 Å². The first-order valence-electron chi connectivity index (χ1n) is 11.3. The third kappa shape index (κ3) is 8.61. The van der Waals surface area contributed by atoms with Gasteiger partial charge >= 0.3 is 11.9 Å². The molecule has 0 radical (unpaired) electrons. The van der Waals surface area contributed by atoms with Crippen molar-refractivity contribution in [1.82, 2.24) is 20.9 Å². The van der Waals surface area contributed by atoms with E-state index in [0.717, 1.165) is 10.9 Å². The molecule has 1 heterocycles. The number of aromatic nitrogens is 1. The van der Waals surface area contributed by atoms with Gasteiger partial charge in [-0.05, 0) is 25.0 Å². The Labute approximate surface area is 211 Å². The number of nitrogens with one attached hydrogen (secondary N) is 4. The molecule has 0 spiro atoms. The van der Waals surface area contributed by atoms with E-state index >= 15 is 0 Å². The predicted octanol–water partition coefficient (Wildman–Crippen LogP) is -1.66. The number of carboxylic acid groups (broad SMARTS) is 2. The number of nitrogens with two attached hydrogens (primary N) is 2. The van der Waals surface area contributed by atoms with Crippen molar-refractivity contribution in [3.8, 4) is 0 Å². The zero-order valence-corrected chi connectivity index (χ0v) is 20.0. The molecule has 2 rings (SSSR count). The monoisotopic (exact) mass is 518 g/mol. The van der Waals surface area contributed by atoms with Crippen LogP contribution in [0, 0.1) is 0 Å². The lowest BCUT2D eigenvalue weighted by Gasteiger charge is -2.23. The van der Waals surface area contributed by atoms with Crippen molar-refractivity contribution < 1.29 is 39.0 Å². The SMILES string of the molecule is CC(NC(=O)C(Cc1c[nH]c2ccccc12)NC(=O)C(N)CCC(N)=O)C(=O)NC(CC(=O)O)C(=O)O. The number of hydrogen-bond donors (Lipinski definition) is 8. The number of rotatable bonds is 14. The second kappa shape index (κ2) is 13.0. The molecular formula is C23H30N6O8. The van der Waals surface area contributed by atoms with E-state index in [4.69, 9.17) is 21.7 Å². The topological polar surface area (TPSA) is 247 Å². The number of aliphatic carboxylic acids is 2. The summed E-state index contributed by atoms with van der Waals surface area (Å²) in [5, 5.41) is 25.7. The average Bonchev–Trinajstić information content (AvgIpc) is 3.23. The van der Waals surface area contributed by atoms with E-state index in [1.165, 1.54) is 6.92 Å². The summed E-state index contributed by atoms with van der Waals surface area (Å²) >= 11 is 0. The first kappa shape index (κ1) is 28.8. The molecule has 4 unspecified atom stereocenters. The van der Waals surface area contributed by atoms with Gasteiger partial charge in [0, 0.05) is 29.9 Å². The molecule has 10 N–H and O–H groups in total. The molecule has 0 saturated carbocycles. The summed E-state index contributed by atoms with van der Waals surface area (Å²) in [4.78, 5) is 74.3. The van der Waals surface area contributed by atoms with Crippen LogP contribution in [0.3, 0.4) is 0 Å². The van der Waals surface area contributed by atoms with Gasteiger partial charge in [-0.25, -0.2) is 4.79 Å². The van der Waals surface area contributed by atoms with Crippen LogP contribution in [0.15, 0.2) is 30.5 Å². The Morgan fingerprint density at radius 1 is 0.946 bits per heavy atom. The molecule has 2 aromatic rings. The number of aromatic amines is 1. The molecule has 0 aliphatic heterocycles. The molecule has 0 aliphatic carbocycles. The van der Waals surface area contributed by atoms with E-state index in [2.05, 4.69) is 20.9 Å². The second-order valence-electron chi connectivity index (χ2n) is 8.46. The van der Waals surface area contributed by atoms with Crippen LogP contribution in [0.25, 0.3) is 10.9 Å². The fourth-order valence-corrected chi connectivity index (χ4v) is 3.49. The van der Waals surface area contributed by atoms with Gasteiger partial charge in [0.1, 0.15) is 18.1 Å². The number of benzene rings is 1. The zero-order valence-electron chi connectivity index (χ0n) is 20.0. The zero-order chi connectivity index (χ0) is 27.7. The molecule has 4 atom stereocenters. The Kier molecular flexibility index (Phi) is 10.1. The van der Waals surface area contributed by atoms with Crippen LogP contribution in [0.2, 0.25) is 0 Å². The Balaban J connectivity index is 2.18. The van der Waals surface area contributed by atoms with Crippen molar-refractivity contribution in [2.24, 2.45) is 11.5 Å². The highest BCUT2D eigenvalue weighted by molar-refractivity contribution is 5.95. The van der Waals surface area contributed by atoms with Crippen LogP contribution in [0.1, 0.15) is 31.7 Å². The predicted molar refractivity (Wildman–Crippen MR) is 130 cm³/mol.